The van der Waals surface area contributed by atoms with Crippen molar-refractivity contribution in [1.29, 1.82) is 0 Å². The molecule has 1 unspecified atom stereocenters. The molecule has 0 aliphatic rings. The Kier molecular flexibility index (Phi) is 4.70. The molecule has 0 bridgehead atoms. The molecule has 1 heterocycles. The SMILES string of the molecule is C=CCC(C)NCc1sccc1Br. The van der Waals surface area contributed by atoms with Gasteiger partial charge < -0.3 is 5.32 Å². The third-order valence-corrected chi connectivity index (χ3v) is 3.75. The molecule has 0 fully saturated rings. The number of hydrogen-bond acceptors (Lipinski definition) is 2. The lowest BCUT2D eigenvalue weighted by atomic mass is 10.2. The number of thiophene rings is 1. The molecule has 1 rings (SSSR count). The van der Waals surface area contributed by atoms with Crippen LogP contribution < -0.4 is 5.32 Å². The van der Waals surface area contributed by atoms with E-state index >= 15 is 0 Å². The summed E-state index contributed by atoms with van der Waals surface area (Å²) in [6.07, 6.45) is 2.96. The predicted molar refractivity (Wildman–Crippen MR) is 63.1 cm³/mol. The van der Waals surface area contributed by atoms with Crippen molar-refractivity contribution in [3.8, 4) is 0 Å². The van der Waals surface area contributed by atoms with Gasteiger partial charge in [-0.15, -0.1) is 17.9 Å². The second kappa shape index (κ2) is 5.58. The van der Waals surface area contributed by atoms with Crippen LogP contribution in [0.3, 0.4) is 0 Å². The Labute approximate surface area is 92.0 Å². The van der Waals surface area contributed by atoms with Crippen LogP contribution in [-0.4, -0.2) is 6.04 Å². The maximum atomic E-state index is 3.72. The predicted octanol–water partition coefficient (Wildman–Crippen LogP) is 3.56. The first-order valence-corrected chi connectivity index (χ1v) is 5.97. The van der Waals surface area contributed by atoms with E-state index in [9.17, 15) is 0 Å². The van der Waals surface area contributed by atoms with E-state index in [1.807, 2.05) is 6.08 Å². The lowest BCUT2D eigenvalue weighted by Crippen LogP contribution is -2.24. The standard InChI is InChI=1S/C10H14BrNS/c1-3-4-8(2)12-7-10-9(11)5-6-13-10/h3,5-6,8,12H,1,4,7H2,2H3. The molecule has 0 aliphatic carbocycles. The minimum Gasteiger partial charge on any atom is -0.309 e. The number of nitrogens with one attached hydrogen (secondary N) is 1. The monoisotopic (exact) mass is 259 g/mol. The number of hydrogen-bond donors (Lipinski definition) is 1. The fourth-order valence-corrected chi connectivity index (χ4v) is 2.49. The molecule has 1 aromatic rings. The van der Waals surface area contributed by atoms with Gasteiger partial charge in [-0.1, -0.05) is 6.08 Å². The van der Waals surface area contributed by atoms with E-state index in [2.05, 4.69) is 46.2 Å². The number of rotatable bonds is 5. The van der Waals surface area contributed by atoms with Crippen LogP contribution in [0.4, 0.5) is 0 Å². The molecule has 1 aromatic heterocycles. The van der Waals surface area contributed by atoms with Gasteiger partial charge in [-0.2, -0.15) is 0 Å². The van der Waals surface area contributed by atoms with E-state index in [-0.39, 0.29) is 0 Å². The summed E-state index contributed by atoms with van der Waals surface area (Å²) in [4.78, 5) is 1.36. The largest absolute Gasteiger partial charge is 0.309 e. The van der Waals surface area contributed by atoms with Crippen molar-refractivity contribution >= 4 is 27.3 Å². The van der Waals surface area contributed by atoms with Gasteiger partial charge in [-0.3, -0.25) is 0 Å². The molecule has 1 N–H and O–H groups in total. The van der Waals surface area contributed by atoms with Crippen LogP contribution in [0.1, 0.15) is 18.2 Å². The van der Waals surface area contributed by atoms with Crippen LogP contribution in [0.2, 0.25) is 0 Å². The minimum absolute atomic E-state index is 0.506. The van der Waals surface area contributed by atoms with Crippen molar-refractivity contribution in [2.45, 2.75) is 25.9 Å². The van der Waals surface area contributed by atoms with E-state index < -0.39 is 0 Å². The Morgan fingerprint density at radius 1 is 1.77 bits per heavy atom. The smallest absolute Gasteiger partial charge is 0.0327 e. The lowest BCUT2D eigenvalue weighted by Gasteiger charge is -2.10. The third kappa shape index (κ3) is 3.63. The molecule has 13 heavy (non-hydrogen) atoms. The first-order valence-electron chi connectivity index (χ1n) is 4.30. The Bertz CT molecular complexity index is 270. The van der Waals surface area contributed by atoms with Gasteiger partial charge in [0.2, 0.25) is 0 Å². The van der Waals surface area contributed by atoms with Gasteiger partial charge in [-0.05, 0) is 40.7 Å². The van der Waals surface area contributed by atoms with Crippen molar-refractivity contribution < 1.29 is 0 Å². The zero-order valence-electron chi connectivity index (χ0n) is 7.72. The van der Waals surface area contributed by atoms with Gasteiger partial charge in [0, 0.05) is 21.9 Å². The summed E-state index contributed by atoms with van der Waals surface area (Å²) in [7, 11) is 0. The van der Waals surface area contributed by atoms with Gasteiger partial charge in [0.1, 0.15) is 0 Å². The van der Waals surface area contributed by atoms with E-state index in [1.165, 1.54) is 9.35 Å². The topological polar surface area (TPSA) is 12.0 Å². The highest BCUT2D eigenvalue weighted by molar-refractivity contribution is 9.10. The van der Waals surface area contributed by atoms with Gasteiger partial charge in [0.25, 0.3) is 0 Å². The third-order valence-electron chi connectivity index (χ3n) is 1.82. The second-order valence-electron chi connectivity index (χ2n) is 3.00. The summed E-state index contributed by atoms with van der Waals surface area (Å²) in [6, 6.07) is 2.59. The first kappa shape index (κ1) is 11.0. The van der Waals surface area contributed by atoms with E-state index in [4.69, 9.17) is 0 Å². The molecule has 0 aromatic carbocycles. The van der Waals surface area contributed by atoms with Crippen molar-refractivity contribution in [2.24, 2.45) is 0 Å². The van der Waals surface area contributed by atoms with Crippen molar-refractivity contribution in [2.75, 3.05) is 0 Å². The maximum absolute atomic E-state index is 3.72. The average molecular weight is 260 g/mol. The highest BCUT2D eigenvalue weighted by atomic mass is 79.9. The van der Waals surface area contributed by atoms with Crippen molar-refractivity contribution in [1.82, 2.24) is 5.32 Å². The highest BCUT2D eigenvalue weighted by Gasteiger charge is 2.02. The minimum atomic E-state index is 0.506. The summed E-state index contributed by atoms with van der Waals surface area (Å²) in [5.41, 5.74) is 0. The molecule has 1 nitrogen and oxygen atoms in total. The second-order valence-corrected chi connectivity index (χ2v) is 4.85. The molecule has 0 radical (unpaired) electrons. The van der Waals surface area contributed by atoms with Crippen molar-refractivity contribution in [3.05, 3.63) is 33.5 Å². The molecule has 1 atom stereocenters. The van der Waals surface area contributed by atoms with Gasteiger partial charge >= 0.3 is 0 Å². The van der Waals surface area contributed by atoms with Crippen LogP contribution >= 0.6 is 27.3 Å². The zero-order valence-corrected chi connectivity index (χ0v) is 10.1. The van der Waals surface area contributed by atoms with Crippen LogP contribution in [-0.2, 0) is 6.54 Å². The number of halogens is 1. The van der Waals surface area contributed by atoms with E-state index in [1.54, 1.807) is 11.3 Å². The molecular formula is C10H14BrNS. The Hall–Kier alpha value is -0.120. The molecule has 3 heteroatoms. The fraction of sp³-hybridized carbons (Fsp3) is 0.400. The van der Waals surface area contributed by atoms with E-state index in [0.29, 0.717) is 6.04 Å². The molecule has 0 aliphatic heterocycles. The molecule has 0 amide bonds. The summed E-state index contributed by atoms with van der Waals surface area (Å²) in [6.45, 7) is 6.82. The van der Waals surface area contributed by atoms with Crippen LogP contribution in [0.15, 0.2) is 28.6 Å². The summed E-state index contributed by atoms with van der Waals surface area (Å²) >= 11 is 5.28. The Morgan fingerprint density at radius 3 is 3.08 bits per heavy atom. The average Bonchev–Trinajstić information content (AvgIpc) is 2.48. The fourth-order valence-electron chi connectivity index (χ4n) is 1.05. The van der Waals surface area contributed by atoms with Crippen LogP contribution in [0.5, 0.6) is 0 Å². The maximum Gasteiger partial charge on any atom is 0.0327 e. The van der Waals surface area contributed by atoms with Crippen LogP contribution in [0.25, 0.3) is 0 Å². The first-order chi connectivity index (χ1) is 6.24. The highest BCUT2D eigenvalue weighted by Crippen LogP contribution is 2.22. The van der Waals surface area contributed by atoms with Gasteiger partial charge in [-0.25, -0.2) is 0 Å². The van der Waals surface area contributed by atoms with Gasteiger partial charge in [0.15, 0.2) is 0 Å². The molecular weight excluding hydrogens is 246 g/mol. The zero-order chi connectivity index (χ0) is 9.68. The molecule has 0 saturated heterocycles. The quantitative estimate of drug-likeness (QED) is 0.798. The molecule has 72 valence electrons. The van der Waals surface area contributed by atoms with Crippen molar-refractivity contribution in [3.63, 3.8) is 0 Å². The summed E-state index contributed by atoms with van der Waals surface area (Å²) < 4.78 is 1.20. The Balaban J connectivity index is 2.34. The molecule has 0 spiro atoms. The van der Waals surface area contributed by atoms with E-state index in [0.717, 1.165) is 13.0 Å². The summed E-state index contributed by atoms with van der Waals surface area (Å²) in [5, 5.41) is 5.53. The molecule has 0 saturated carbocycles. The lowest BCUT2D eigenvalue weighted by molar-refractivity contribution is 0.557. The Morgan fingerprint density at radius 2 is 2.54 bits per heavy atom. The van der Waals surface area contributed by atoms with Crippen LogP contribution in [0, 0.1) is 0 Å². The normalized spacial score (nSPS) is 12.8. The van der Waals surface area contributed by atoms with Gasteiger partial charge in [0.05, 0.1) is 0 Å². The summed E-state index contributed by atoms with van der Waals surface area (Å²) in [5.74, 6) is 0.